The van der Waals surface area contributed by atoms with Crippen LogP contribution >= 0.6 is 11.8 Å². The number of halogens is 1. The smallest absolute Gasteiger partial charge is 0.141 e. The molecule has 1 nitrogen and oxygen atoms in total. The first kappa shape index (κ1) is 22.4. The molecule has 1 heterocycles. The molecule has 7 aromatic rings. The Hall–Kier alpha value is -4.60. The largest absolute Gasteiger partial charge is 0.455 e. The van der Waals surface area contributed by atoms with E-state index in [0.717, 1.165) is 43.5 Å². The van der Waals surface area contributed by atoms with Gasteiger partial charge in [0, 0.05) is 0 Å². The van der Waals surface area contributed by atoms with Gasteiger partial charge in [0.2, 0.25) is 0 Å². The molecule has 3 heteroatoms. The zero-order chi connectivity index (χ0) is 25.9. The first-order valence-electron chi connectivity index (χ1n) is 12.9. The SMILES string of the molecule is Fc1cc(-c2ccc3c(c2)Sc2ccccc2O3)cc(-c2ccc3c4ccccc4c4ccccc4c3c2)c1. The maximum atomic E-state index is 15.1. The number of ether oxygens (including phenoxy) is 1. The molecule has 7 aromatic carbocycles. The van der Waals surface area contributed by atoms with Gasteiger partial charge in [-0.3, -0.25) is 0 Å². The van der Waals surface area contributed by atoms with E-state index in [9.17, 15) is 0 Å². The summed E-state index contributed by atoms with van der Waals surface area (Å²) in [4.78, 5) is 2.11. The van der Waals surface area contributed by atoms with Gasteiger partial charge in [-0.15, -0.1) is 0 Å². The molecule has 1 aliphatic rings. The summed E-state index contributed by atoms with van der Waals surface area (Å²) in [5.74, 6) is 1.44. The highest BCUT2D eigenvalue weighted by atomic mass is 32.2. The predicted octanol–water partition coefficient (Wildman–Crippen LogP) is 10.9. The fourth-order valence-corrected chi connectivity index (χ4v) is 6.71. The van der Waals surface area contributed by atoms with Crippen LogP contribution in [0.4, 0.5) is 4.39 Å². The van der Waals surface area contributed by atoms with Crippen LogP contribution in [0.1, 0.15) is 0 Å². The third-order valence-electron chi connectivity index (χ3n) is 7.54. The van der Waals surface area contributed by atoms with E-state index in [-0.39, 0.29) is 5.82 Å². The standard InChI is InChI=1S/C36H21FOS/c37-26-18-24(17-25(19-26)23-14-16-34-36(21-23)39-35-12-6-5-11-33(35)38-34)22-13-15-31-29-9-2-1-7-27(29)28-8-3-4-10-30(28)32(31)20-22/h1-21H. The van der Waals surface area contributed by atoms with Crippen LogP contribution in [0.3, 0.4) is 0 Å². The Morgan fingerprint density at radius 3 is 1.67 bits per heavy atom. The zero-order valence-corrected chi connectivity index (χ0v) is 21.6. The molecular weight excluding hydrogens is 499 g/mol. The summed E-state index contributed by atoms with van der Waals surface area (Å²) in [5.41, 5.74) is 3.65. The van der Waals surface area contributed by atoms with Gasteiger partial charge in [0.1, 0.15) is 17.3 Å². The van der Waals surface area contributed by atoms with Gasteiger partial charge in [0.25, 0.3) is 0 Å². The van der Waals surface area contributed by atoms with Crippen molar-refractivity contribution in [2.75, 3.05) is 0 Å². The predicted molar refractivity (Wildman–Crippen MR) is 160 cm³/mol. The summed E-state index contributed by atoms with van der Waals surface area (Å²) < 4.78 is 21.2. The Kier molecular flexibility index (Phi) is 5.01. The first-order chi connectivity index (χ1) is 19.2. The number of hydrogen-bond donors (Lipinski definition) is 0. The van der Waals surface area contributed by atoms with Gasteiger partial charge in [-0.25, -0.2) is 4.39 Å². The van der Waals surface area contributed by atoms with Gasteiger partial charge in [0.05, 0.1) is 9.79 Å². The van der Waals surface area contributed by atoms with Gasteiger partial charge < -0.3 is 4.74 Å². The minimum atomic E-state index is -0.252. The summed E-state index contributed by atoms with van der Waals surface area (Å²) in [6.07, 6.45) is 0. The Labute approximate surface area is 229 Å². The zero-order valence-electron chi connectivity index (χ0n) is 20.8. The molecule has 0 amide bonds. The summed E-state index contributed by atoms with van der Waals surface area (Å²) >= 11 is 1.68. The first-order valence-corrected chi connectivity index (χ1v) is 13.8. The van der Waals surface area contributed by atoms with Gasteiger partial charge >= 0.3 is 0 Å². The highest BCUT2D eigenvalue weighted by Crippen LogP contribution is 2.48. The van der Waals surface area contributed by atoms with Gasteiger partial charge in [0.15, 0.2) is 0 Å². The second-order valence-electron chi connectivity index (χ2n) is 9.89. The second kappa shape index (κ2) is 8.72. The van der Waals surface area contributed by atoms with Crippen molar-refractivity contribution >= 4 is 44.1 Å². The van der Waals surface area contributed by atoms with Crippen molar-refractivity contribution in [3.05, 3.63) is 133 Å². The molecule has 0 atom stereocenters. The second-order valence-corrected chi connectivity index (χ2v) is 11.0. The van der Waals surface area contributed by atoms with E-state index in [2.05, 4.69) is 84.9 Å². The molecule has 8 rings (SSSR count). The quantitative estimate of drug-likeness (QED) is 0.210. The molecule has 0 radical (unpaired) electrons. The molecule has 1 aliphatic heterocycles. The van der Waals surface area contributed by atoms with Crippen LogP contribution in [0.5, 0.6) is 11.5 Å². The average Bonchev–Trinajstić information content (AvgIpc) is 2.99. The molecular formula is C36H21FOS. The number of rotatable bonds is 2. The van der Waals surface area contributed by atoms with Crippen LogP contribution < -0.4 is 4.74 Å². The molecule has 0 aliphatic carbocycles. The molecule has 0 spiro atoms. The molecule has 184 valence electrons. The van der Waals surface area contributed by atoms with Crippen molar-refractivity contribution < 1.29 is 9.13 Å². The average molecular weight is 521 g/mol. The number of para-hydroxylation sites is 1. The lowest BCUT2D eigenvalue weighted by Gasteiger charge is -2.20. The monoisotopic (exact) mass is 520 g/mol. The van der Waals surface area contributed by atoms with E-state index in [1.807, 2.05) is 30.3 Å². The third-order valence-corrected chi connectivity index (χ3v) is 8.64. The van der Waals surface area contributed by atoms with E-state index >= 15 is 4.39 Å². The highest BCUT2D eigenvalue weighted by Gasteiger charge is 2.18. The third kappa shape index (κ3) is 3.70. The lowest BCUT2D eigenvalue weighted by atomic mass is 9.91. The molecule has 0 saturated carbocycles. The summed E-state index contributed by atoms with van der Waals surface area (Å²) in [6.45, 7) is 0. The fourth-order valence-electron chi connectivity index (χ4n) is 5.72. The van der Waals surface area contributed by atoms with Crippen molar-refractivity contribution in [1.82, 2.24) is 0 Å². The van der Waals surface area contributed by atoms with Crippen LogP contribution in [0.15, 0.2) is 137 Å². The Bertz CT molecular complexity index is 2060. The maximum Gasteiger partial charge on any atom is 0.141 e. The van der Waals surface area contributed by atoms with Crippen LogP contribution in [-0.2, 0) is 0 Å². The Morgan fingerprint density at radius 2 is 0.949 bits per heavy atom. The summed E-state index contributed by atoms with van der Waals surface area (Å²) in [5, 5.41) is 7.29. The van der Waals surface area contributed by atoms with Crippen molar-refractivity contribution in [2.24, 2.45) is 0 Å². The van der Waals surface area contributed by atoms with Crippen molar-refractivity contribution in [2.45, 2.75) is 9.79 Å². The number of fused-ring (bicyclic) bond motifs is 8. The number of benzene rings is 7. The van der Waals surface area contributed by atoms with Crippen LogP contribution in [0.25, 0.3) is 54.6 Å². The van der Waals surface area contributed by atoms with Gasteiger partial charge in [-0.05, 0) is 103 Å². The maximum absolute atomic E-state index is 15.1. The Morgan fingerprint density at radius 1 is 0.410 bits per heavy atom. The lowest BCUT2D eigenvalue weighted by Crippen LogP contribution is -1.95. The lowest BCUT2D eigenvalue weighted by molar-refractivity contribution is 0.454. The molecule has 0 N–H and O–H groups in total. The normalized spacial score (nSPS) is 12.3. The van der Waals surface area contributed by atoms with Crippen molar-refractivity contribution in [3.8, 4) is 33.8 Å². The fraction of sp³-hybridized carbons (Fsp3) is 0. The Balaban J connectivity index is 1.26. The summed E-state index contributed by atoms with van der Waals surface area (Å²) in [7, 11) is 0. The number of hydrogen-bond acceptors (Lipinski definition) is 2. The molecule has 0 fully saturated rings. The van der Waals surface area contributed by atoms with Crippen LogP contribution in [0, 0.1) is 5.82 Å². The van der Waals surface area contributed by atoms with E-state index in [4.69, 9.17) is 4.74 Å². The van der Waals surface area contributed by atoms with Crippen molar-refractivity contribution in [3.63, 3.8) is 0 Å². The minimum absolute atomic E-state index is 0.252. The van der Waals surface area contributed by atoms with Crippen LogP contribution in [-0.4, -0.2) is 0 Å². The highest BCUT2D eigenvalue weighted by molar-refractivity contribution is 7.99. The topological polar surface area (TPSA) is 9.23 Å². The molecule has 39 heavy (non-hydrogen) atoms. The molecule has 0 saturated heterocycles. The molecule has 0 aromatic heterocycles. The van der Waals surface area contributed by atoms with E-state index in [1.54, 1.807) is 23.9 Å². The minimum Gasteiger partial charge on any atom is -0.455 e. The molecule has 0 unspecified atom stereocenters. The van der Waals surface area contributed by atoms with E-state index < -0.39 is 0 Å². The van der Waals surface area contributed by atoms with Crippen LogP contribution in [0.2, 0.25) is 0 Å². The van der Waals surface area contributed by atoms with E-state index in [0.29, 0.717) is 0 Å². The summed E-state index contributed by atoms with van der Waals surface area (Å²) in [6, 6.07) is 43.0. The van der Waals surface area contributed by atoms with Gasteiger partial charge in [-0.2, -0.15) is 0 Å². The molecule has 0 bridgehead atoms. The van der Waals surface area contributed by atoms with Crippen molar-refractivity contribution in [1.29, 1.82) is 0 Å². The van der Waals surface area contributed by atoms with E-state index in [1.165, 1.54) is 32.3 Å². The van der Waals surface area contributed by atoms with Gasteiger partial charge in [-0.1, -0.05) is 90.6 Å².